The quantitative estimate of drug-likeness (QED) is 0.480. The molecule has 0 heterocycles. The molecule has 0 saturated heterocycles. The summed E-state index contributed by atoms with van der Waals surface area (Å²) >= 11 is 0. The van der Waals surface area contributed by atoms with Gasteiger partial charge >= 0.3 is 12.9 Å². The Morgan fingerprint density at radius 1 is 1.50 bits per heavy atom. The molecule has 0 fully saturated rings. The van der Waals surface area contributed by atoms with Gasteiger partial charge in [0.1, 0.15) is 0 Å². The van der Waals surface area contributed by atoms with Crippen LogP contribution >= 0.6 is 0 Å². The summed E-state index contributed by atoms with van der Waals surface area (Å²) in [6, 6.07) is 0. The second-order valence-electron chi connectivity index (χ2n) is 1.78. The molecule has 0 aromatic rings. The molecule has 6 heteroatoms. The zero-order valence-corrected chi connectivity index (χ0v) is 5.14. The Morgan fingerprint density at radius 3 is 2.00 bits per heavy atom. The van der Waals surface area contributed by atoms with Crippen molar-refractivity contribution in [2.24, 2.45) is 0 Å². The van der Waals surface area contributed by atoms with Crippen molar-refractivity contribution in [3.8, 4) is 0 Å². The number of aliphatic carboxylic acids is 1. The Labute approximate surface area is 55.4 Å². The van der Waals surface area contributed by atoms with Crippen LogP contribution in [-0.2, 0) is 4.79 Å². The molecular weight excluding hydrogens is 148 g/mol. The van der Waals surface area contributed by atoms with Crippen molar-refractivity contribution in [1.29, 1.82) is 0 Å². The zero-order valence-electron chi connectivity index (χ0n) is 5.14. The molecule has 0 atom stereocenters. The van der Waals surface area contributed by atoms with Crippen molar-refractivity contribution in [3.63, 3.8) is 0 Å². The van der Waals surface area contributed by atoms with Gasteiger partial charge in [-0.25, -0.2) is 4.79 Å². The van der Waals surface area contributed by atoms with Crippen LogP contribution in [0.3, 0.4) is 0 Å². The van der Waals surface area contributed by atoms with Gasteiger partial charge in [0.2, 0.25) is 0 Å². The Kier molecular flexibility index (Phi) is 2.51. The maximum Gasteiger partial charge on any atom is 0.503 e. The maximum absolute atomic E-state index is 11.4. The molecule has 1 N–H and O–H groups in total. The largest absolute Gasteiger partial charge is 0.503 e. The van der Waals surface area contributed by atoms with E-state index in [0.29, 0.717) is 0 Å². The van der Waals surface area contributed by atoms with Gasteiger partial charge in [-0.1, -0.05) is 0 Å². The first kappa shape index (κ1) is 9.06. The minimum atomic E-state index is -5.12. The topological polar surface area (TPSA) is 37.3 Å². The summed E-state index contributed by atoms with van der Waals surface area (Å²) < 4.78 is 34.2. The summed E-state index contributed by atoms with van der Waals surface area (Å²) in [6.45, 7) is -4.22. The van der Waals surface area contributed by atoms with E-state index in [1.807, 2.05) is 0 Å². The van der Waals surface area contributed by atoms with E-state index in [4.69, 9.17) is 5.11 Å². The molecule has 0 aliphatic heterocycles. The van der Waals surface area contributed by atoms with E-state index in [0.717, 1.165) is 6.92 Å². The van der Waals surface area contributed by atoms with E-state index < -0.39 is 18.5 Å². The van der Waals surface area contributed by atoms with Crippen LogP contribution in [-0.4, -0.2) is 18.1 Å². The number of carboxylic acid groups (broad SMARTS) is 1. The average Bonchev–Trinajstić information content (AvgIpc) is 1.60. The minimum absolute atomic E-state index is 0.192. The fourth-order valence-electron chi connectivity index (χ4n) is 0.355. The number of hydrogen-bond acceptors (Lipinski definition) is 1. The normalized spacial score (nSPS) is 13.4. The van der Waals surface area contributed by atoms with Crippen LogP contribution in [0.5, 0.6) is 0 Å². The first-order chi connectivity index (χ1) is 4.33. The molecule has 0 bridgehead atoms. The molecule has 0 rings (SSSR count). The molecular formula is C4H5BF3O2-. The zero-order chi connectivity index (χ0) is 8.36. The number of carbonyl (C=O) groups is 1. The molecule has 58 valence electrons. The smallest absolute Gasteiger partial charge is 0.478 e. The SMILES string of the molecule is C/C(=C\[B-](F)(F)F)C(=O)O. The van der Waals surface area contributed by atoms with Gasteiger partial charge in [0.15, 0.2) is 0 Å². The van der Waals surface area contributed by atoms with E-state index in [-0.39, 0.29) is 5.98 Å². The summed E-state index contributed by atoms with van der Waals surface area (Å²) in [6.07, 6.45) is 0. The molecule has 0 aliphatic carbocycles. The maximum atomic E-state index is 11.4. The van der Waals surface area contributed by atoms with Crippen molar-refractivity contribution in [3.05, 3.63) is 11.5 Å². The van der Waals surface area contributed by atoms with Gasteiger partial charge in [0, 0.05) is 5.57 Å². The fraction of sp³-hybridized carbons (Fsp3) is 0.250. The van der Waals surface area contributed by atoms with Gasteiger partial charge in [-0.15, -0.1) is 5.98 Å². The highest BCUT2D eigenvalue weighted by Gasteiger charge is 2.20. The van der Waals surface area contributed by atoms with Crippen LogP contribution in [0.2, 0.25) is 0 Å². The first-order valence-corrected chi connectivity index (χ1v) is 2.45. The highest BCUT2D eigenvalue weighted by atomic mass is 19.4. The predicted octanol–water partition coefficient (Wildman–Crippen LogP) is 1.40. The lowest BCUT2D eigenvalue weighted by Crippen LogP contribution is -2.13. The highest BCUT2D eigenvalue weighted by molar-refractivity contribution is 6.64. The Bertz CT molecular complexity index is 172. The minimum Gasteiger partial charge on any atom is -0.478 e. The molecule has 2 nitrogen and oxygen atoms in total. The summed E-state index contributed by atoms with van der Waals surface area (Å²) in [4.78, 5) is 9.82. The molecule has 0 saturated carbocycles. The molecule has 0 aromatic carbocycles. The molecule has 0 aromatic heterocycles. The van der Waals surface area contributed by atoms with Gasteiger partial charge in [0.05, 0.1) is 0 Å². The van der Waals surface area contributed by atoms with Crippen molar-refractivity contribution in [2.45, 2.75) is 6.92 Å². The molecule has 0 unspecified atom stereocenters. The third-order valence-electron chi connectivity index (χ3n) is 0.776. The van der Waals surface area contributed by atoms with E-state index in [9.17, 15) is 17.7 Å². The number of rotatable bonds is 2. The van der Waals surface area contributed by atoms with Gasteiger partial charge < -0.3 is 18.1 Å². The lowest BCUT2D eigenvalue weighted by molar-refractivity contribution is -0.132. The van der Waals surface area contributed by atoms with Gasteiger partial charge in [-0.05, 0) is 6.92 Å². The van der Waals surface area contributed by atoms with E-state index in [1.165, 1.54) is 0 Å². The lowest BCUT2D eigenvalue weighted by Gasteiger charge is -2.07. The standard InChI is InChI=1S/C4H5BF3O2/c1-3(4(9)10)2-5(6,7)8/h2H,1H3,(H,9,10)/q-1/b3-2+. The van der Waals surface area contributed by atoms with Crippen LogP contribution in [0.25, 0.3) is 0 Å². The van der Waals surface area contributed by atoms with E-state index in [2.05, 4.69) is 0 Å². The molecule has 0 aliphatic rings. The number of halogens is 3. The van der Waals surface area contributed by atoms with Gasteiger partial charge in [-0.2, -0.15) is 0 Å². The average molecular weight is 153 g/mol. The van der Waals surface area contributed by atoms with Crippen LogP contribution in [0.4, 0.5) is 12.9 Å². The van der Waals surface area contributed by atoms with Crippen molar-refractivity contribution in [2.75, 3.05) is 0 Å². The molecule has 0 spiro atoms. The second-order valence-corrected chi connectivity index (χ2v) is 1.78. The fourth-order valence-corrected chi connectivity index (χ4v) is 0.355. The van der Waals surface area contributed by atoms with E-state index >= 15 is 0 Å². The van der Waals surface area contributed by atoms with E-state index in [1.54, 1.807) is 0 Å². The van der Waals surface area contributed by atoms with Crippen molar-refractivity contribution < 1.29 is 22.8 Å². The van der Waals surface area contributed by atoms with Crippen LogP contribution < -0.4 is 0 Å². The second kappa shape index (κ2) is 2.77. The number of hydrogen-bond donors (Lipinski definition) is 1. The predicted molar refractivity (Wildman–Crippen MR) is 30.5 cm³/mol. The molecule has 0 radical (unpaired) electrons. The summed E-state index contributed by atoms with van der Waals surface area (Å²) in [5, 5.41) is 7.99. The number of carboxylic acids is 1. The lowest BCUT2D eigenvalue weighted by atomic mass is 9.89. The summed E-state index contributed by atoms with van der Waals surface area (Å²) in [7, 11) is 0. The van der Waals surface area contributed by atoms with Crippen LogP contribution in [0.1, 0.15) is 6.92 Å². The van der Waals surface area contributed by atoms with Crippen molar-refractivity contribution in [1.82, 2.24) is 0 Å². The Balaban J connectivity index is 4.32. The summed E-state index contributed by atoms with van der Waals surface area (Å²) in [5.74, 6) is -1.73. The van der Waals surface area contributed by atoms with Crippen molar-refractivity contribution >= 4 is 12.9 Å². The summed E-state index contributed by atoms with van der Waals surface area (Å²) in [5.41, 5.74) is -0.687. The third kappa shape index (κ3) is 4.00. The van der Waals surface area contributed by atoms with Crippen LogP contribution in [0, 0.1) is 0 Å². The molecule has 10 heavy (non-hydrogen) atoms. The molecule has 0 amide bonds. The monoisotopic (exact) mass is 153 g/mol. The Morgan fingerprint density at radius 2 is 1.90 bits per heavy atom. The third-order valence-corrected chi connectivity index (χ3v) is 0.776. The van der Waals surface area contributed by atoms with Crippen LogP contribution in [0.15, 0.2) is 11.5 Å². The Hall–Kier alpha value is -0.935. The first-order valence-electron chi connectivity index (χ1n) is 2.45. The van der Waals surface area contributed by atoms with Gasteiger partial charge in [0.25, 0.3) is 0 Å². The highest BCUT2D eigenvalue weighted by Crippen LogP contribution is 2.12. The van der Waals surface area contributed by atoms with Gasteiger partial charge in [-0.3, -0.25) is 0 Å².